The summed E-state index contributed by atoms with van der Waals surface area (Å²) in [4.78, 5) is 13.5. The fourth-order valence-electron chi connectivity index (χ4n) is 3.29. The molecule has 2 N–H and O–H groups in total. The Labute approximate surface area is 166 Å². The summed E-state index contributed by atoms with van der Waals surface area (Å²) in [7, 11) is 0. The van der Waals surface area contributed by atoms with Gasteiger partial charge in [0.2, 0.25) is 0 Å². The minimum atomic E-state index is -0.251. The number of carbonyl (C=O) groups excluding carboxylic acids is 1. The smallest absolute Gasteiger partial charge is 0.319 e. The molecule has 140 valence electrons. The van der Waals surface area contributed by atoms with Crippen molar-refractivity contribution in [1.29, 1.82) is 0 Å². The van der Waals surface area contributed by atoms with E-state index < -0.39 is 0 Å². The molecule has 0 spiro atoms. The van der Waals surface area contributed by atoms with Crippen LogP contribution in [0, 0.1) is 17.8 Å². The van der Waals surface area contributed by atoms with Crippen LogP contribution >= 0.6 is 23.1 Å². The van der Waals surface area contributed by atoms with Crippen LogP contribution in [-0.4, -0.2) is 43.8 Å². The highest BCUT2D eigenvalue weighted by molar-refractivity contribution is 7.98. The van der Waals surface area contributed by atoms with Crippen LogP contribution in [0.3, 0.4) is 0 Å². The van der Waals surface area contributed by atoms with Crippen LogP contribution in [0.25, 0.3) is 0 Å². The van der Waals surface area contributed by atoms with Gasteiger partial charge in [0.15, 0.2) is 0 Å². The van der Waals surface area contributed by atoms with E-state index in [-0.39, 0.29) is 30.2 Å². The third-order valence-electron chi connectivity index (χ3n) is 4.62. The van der Waals surface area contributed by atoms with Gasteiger partial charge < -0.3 is 20.1 Å². The summed E-state index contributed by atoms with van der Waals surface area (Å²) < 4.78 is 11.8. The van der Waals surface area contributed by atoms with Crippen molar-refractivity contribution in [2.75, 3.05) is 24.8 Å². The molecule has 2 aliphatic rings. The van der Waals surface area contributed by atoms with Gasteiger partial charge in [0.05, 0.1) is 25.2 Å². The lowest BCUT2D eigenvalue weighted by atomic mass is 10.0. The van der Waals surface area contributed by atoms with Gasteiger partial charge >= 0.3 is 6.03 Å². The average Bonchev–Trinajstić information content (AvgIpc) is 3.39. The zero-order valence-corrected chi connectivity index (χ0v) is 16.4. The number of ether oxygens (including phenoxy) is 2. The average molecular weight is 401 g/mol. The van der Waals surface area contributed by atoms with Gasteiger partial charge in [-0.2, -0.15) is 11.3 Å². The summed E-state index contributed by atoms with van der Waals surface area (Å²) in [5.41, 5.74) is 1.78. The van der Waals surface area contributed by atoms with E-state index in [0.717, 1.165) is 16.1 Å². The number of anilines is 1. The topological polar surface area (TPSA) is 59.6 Å². The van der Waals surface area contributed by atoms with Crippen LogP contribution in [0.1, 0.15) is 5.56 Å². The molecule has 0 saturated carbocycles. The number of nitrogens with one attached hydrogen (secondary N) is 2. The molecule has 4 rings (SSSR count). The van der Waals surface area contributed by atoms with Crippen LogP contribution in [0.4, 0.5) is 10.5 Å². The molecule has 2 aromatic rings. The summed E-state index contributed by atoms with van der Waals surface area (Å²) in [5.74, 6) is 6.47. The predicted molar refractivity (Wildman–Crippen MR) is 108 cm³/mol. The molecule has 7 heteroatoms. The Bertz CT molecular complexity index is 860. The second kappa shape index (κ2) is 8.36. The quantitative estimate of drug-likeness (QED) is 0.612. The molecular formula is C20H20N2O3S2. The van der Waals surface area contributed by atoms with Crippen LogP contribution in [-0.2, 0) is 9.47 Å². The van der Waals surface area contributed by atoms with E-state index >= 15 is 0 Å². The summed E-state index contributed by atoms with van der Waals surface area (Å²) in [6.45, 7) is 0.965. The van der Waals surface area contributed by atoms with Crippen molar-refractivity contribution in [3.63, 3.8) is 0 Å². The maximum absolute atomic E-state index is 12.4. The number of thioether (sulfide) groups is 1. The van der Waals surface area contributed by atoms with Gasteiger partial charge in [-0.3, -0.25) is 0 Å². The van der Waals surface area contributed by atoms with Crippen LogP contribution in [0.5, 0.6) is 0 Å². The van der Waals surface area contributed by atoms with Crippen LogP contribution < -0.4 is 10.6 Å². The predicted octanol–water partition coefficient (Wildman–Crippen LogP) is 3.43. The van der Waals surface area contributed by atoms with E-state index in [1.807, 2.05) is 47.3 Å². The number of hydrogen-bond acceptors (Lipinski definition) is 5. The third kappa shape index (κ3) is 4.30. The van der Waals surface area contributed by atoms with Crippen LogP contribution in [0.2, 0.25) is 0 Å². The highest BCUT2D eigenvalue weighted by Crippen LogP contribution is 2.31. The monoisotopic (exact) mass is 400 g/mol. The molecule has 2 saturated heterocycles. The van der Waals surface area contributed by atoms with E-state index in [9.17, 15) is 4.79 Å². The highest BCUT2D eigenvalue weighted by Gasteiger charge is 2.47. The van der Waals surface area contributed by atoms with Gasteiger partial charge in [0.25, 0.3) is 0 Å². The zero-order valence-electron chi connectivity index (χ0n) is 14.8. The SMILES string of the molecule is CSc1cccc(NC(=O)N[C@H]2CO[C@H]3[C@@H]2OC[C@@H]3C#Cc2ccsc2)c1. The molecule has 0 aliphatic carbocycles. The first-order valence-electron chi connectivity index (χ1n) is 8.71. The van der Waals surface area contributed by atoms with Crippen molar-refractivity contribution in [1.82, 2.24) is 5.32 Å². The molecule has 0 bridgehead atoms. The van der Waals surface area contributed by atoms with Crippen molar-refractivity contribution in [3.05, 3.63) is 46.7 Å². The number of carbonyl (C=O) groups is 1. The number of hydrogen-bond donors (Lipinski definition) is 2. The molecule has 3 heterocycles. The van der Waals surface area contributed by atoms with E-state index in [1.165, 1.54) is 0 Å². The summed E-state index contributed by atoms with van der Waals surface area (Å²) >= 11 is 3.27. The molecule has 4 atom stereocenters. The lowest BCUT2D eigenvalue weighted by Gasteiger charge is -2.18. The number of urea groups is 1. The Balaban J connectivity index is 1.34. The molecule has 0 unspecified atom stereocenters. The lowest BCUT2D eigenvalue weighted by Crippen LogP contribution is -2.45. The fraction of sp³-hybridized carbons (Fsp3) is 0.350. The molecule has 2 fully saturated rings. The fourth-order valence-corrected chi connectivity index (χ4v) is 4.34. The van der Waals surface area contributed by atoms with Gasteiger partial charge in [-0.15, -0.1) is 11.8 Å². The first kappa shape index (κ1) is 18.4. The standard InChI is InChI=1S/C20H20N2O3S2/c1-26-16-4-2-3-15(9-16)21-20(23)22-17-11-25-18-14(10-24-19(17)18)6-5-13-7-8-27-12-13/h2-4,7-9,12,14,17-19H,10-11H2,1H3,(H2,21,22,23)/t14-,17-,18+,19+/m0/s1. The van der Waals surface area contributed by atoms with Crippen molar-refractivity contribution in [2.45, 2.75) is 23.1 Å². The summed E-state index contributed by atoms with van der Waals surface area (Å²) in [6, 6.07) is 9.32. The number of benzene rings is 1. The van der Waals surface area contributed by atoms with Crippen molar-refractivity contribution >= 4 is 34.8 Å². The molecule has 2 amide bonds. The molecule has 27 heavy (non-hydrogen) atoms. The van der Waals surface area contributed by atoms with Gasteiger partial charge in [-0.25, -0.2) is 4.79 Å². The normalized spacial score (nSPS) is 26.1. The lowest BCUT2D eigenvalue weighted by molar-refractivity contribution is 0.0666. The van der Waals surface area contributed by atoms with E-state index in [1.54, 1.807) is 23.1 Å². The van der Waals surface area contributed by atoms with Crippen molar-refractivity contribution in [2.24, 2.45) is 5.92 Å². The Morgan fingerprint density at radius 1 is 1.26 bits per heavy atom. The Hall–Kier alpha value is -1.98. The first-order chi connectivity index (χ1) is 13.2. The maximum Gasteiger partial charge on any atom is 0.319 e. The molecular weight excluding hydrogens is 380 g/mol. The second-order valence-electron chi connectivity index (χ2n) is 6.42. The number of rotatable bonds is 3. The minimum absolute atomic E-state index is 0.0306. The Kier molecular flexibility index (Phi) is 5.69. The molecule has 5 nitrogen and oxygen atoms in total. The molecule has 1 aromatic heterocycles. The third-order valence-corrected chi connectivity index (χ3v) is 6.03. The second-order valence-corrected chi connectivity index (χ2v) is 8.08. The van der Waals surface area contributed by atoms with Gasteiger partial charge in [0, 0.05) is 21.5 Å². The van der Waals surface area contributed by atoms with E-state index in [0.29, 0.717) is 13.2 Å². The minimum Gasteiger partial charge on any atom is -0.372 e. The zero-order chi connectivity index (χ0) is 18.6. The van der Waals surface area contributed by atoms with Gasteiger partial charge in [0.1, 0.15) is 12.2 Å². The largest absolute Gasteiger partial charge is 0.372 e. The first-order valence-corrected chi connectivity index (χ1v) is 10.9. The maximum atomic E-state index is 12.4. The van der Waals surface area contributed by atoms with Gasteiger partial charge in [-0.05, 0) is 35.9 Å². The Morgan fingerprint density at radius 2 is 2.15 bits per heavy atom. The molecule has 0 radical (unpaired) electrons. The van der Waals surface area contributed by atoms with Crippen LogP contribution in [0.15, 0.2) is 46.0 Å². The van der Waals surface area contributed by atoms with Crippen molar-refractivity contribution in [3.8, 4) is 11.8 Å². The highest BCUT2D eigenvalue weighted by atomic mass is 32.2. The molecule has 1 aromatic carbocycles. The van der Waals surface area contributed by atoms with Crippen molar-refractivity contribution < 1.29 is 14.3 Å². The van der Waals surface area contributed by atoms with Gasteiger partial charge in [-0.1, -0.05) is 17.9 Å². The number of amides is 2. The summed E-state index contributed by atoms with van der Waals surface area (Å²) in [5, 5.41) is 9.89. The number of fused-ring (bicyclic) bond motifs is 1. The summed E-state index contributed by atoms with van der Waals surface area (Å²) in [6.07, 6.45) is 1.75. The molecule has 2 aliphatic heterocycles. The Morgan fingerprint density at radius 3 is 2.96 bits per heavy atom. The van der Waals surface area contributed by atoms with E-state index in [2.05, 4.69) is 22.5 Å². The van der Waals surface area contributed by atoms with E-state index in [4.69, 9.17) is 9.47 Å². The number of thiophene rings is 1.